The van der Waals surface area contributed by atoms with Gasteiger partial charge in [0.1, 0.15) is 12.4 Å². The Morgan fingerprint density at radius 3 is 2.59 bits per heavy atom. The summed E-state index contributed by atoms with van der Waals surface area (Å²) in [6, 6.07) is 9.82. The van der Waals surface area contributed by atoms with Gasteiger partial charge < -0.3 is 14.3 Å². The maximum atomic E-state index is 10.6. The standard InChI is InChI=1S/C14H18O3/c1-3-13(16-2)14(9-10-15)17-11-12-7-5-4-6-8-12/h3-8,10,13-14H,1,9,11H2,2H3/t13-,14-/m1/s1. The van der Waals surface area contributed by atoms with Crippen molar-refractivity contribution in [2.24, 2.45) is 0 Å². The molecule has 0 unspecified atom stereocenters. The van der Waals surface area contributed by atoms with Crippen molar-refractivity contribution >= 4 is 6.29 Å². The molecule has 0 N–H and O–H groups in total. The topological polar surface area (TPSA) is 35.5 Å². The van der Waals surface area contributed by atoms with E-state index in [1.807, 2.05) is 30.3 Å². The van der Waals surface area contributed by atoms with Crippen molar-refractivity contribution in [3.63, 3.8) is 0 Å². The minimum absolute atomic E-state index is 0.260. The summed E-state index contributed by atoms with van der Waals surface area (Å²) in [7, 11) is 1.58. The van der Waals surface area contributed by atoms with Crippen LogP contribution in [0.25, 0.3) is 0 Å². The van der Waals surface area contributed by atoms with E-state index in [0.29, 0.717) is 13.0 Å². The van der Waals surface area contributed by atoms with E-state index in [2.05, 4.69) is 6.58 Å². The monoisotopic (exact) mass is 234 g/mol. The van der Waals surface area contributed by atoms with Crippen LogP contribution >= 0.6 is 0 Å². The van der Waals surface area contributed by atoms with E-state index in [-0.39, 0.29) is 12.2 Å². The number of methoxy groups -OCH3 is 1. The van der Waals surface area contributed by atoms with Gasteiger partial charge in [0, 0.05) is 13.5 Å². The molecule has 0 saturated heterocycles. The molecule has 0 aliphatic rings. The molecule has 2 atom stereocenters. The van der Waals surface area contributed by atoms with Gasteiger partial charge in [-0.3, -0.25) is 0 Å². The highest BCUT2D eigenvalue weighted by Gasteiger charge is 2.18. The lowest BCUT2D eigenvalue weighted by molar-refractivity contribution is -0.113. The Hall–Kier alpha value is -1.45. The molecule has 0 aliphatic carbocycles. The number of hydrogen-bond donors (Lipinski definition) is 0. The molecule has 3 nitrogen and oxygen atoms in total. The Bertz CT molecular complexity index is 335. The van der Waals surface area contributed by atoms with Crippen LogP contribution in [0.5, 0.6) is 0 Å². The summed E-state index contributed by atoms with van der Waals surface area (Å²) in [6.07, 6.45) is 2.25. The first-order valence-electron chi connectivity index (χ1n) is 5.56. The zero-order chi connectivity index (χ0) is 12.5. The van der Waals surface area contributed by atoms with Gasteiger partial charge in [0.25, 0.3) is 0 Å². The van der Waals surface area contributed by atoms with Crippen molar-refractivity contribution < 1.29 is 14.3 Å². The van der Waals surface area contributed by atoms with E-state index >= 15 is 0 Å². The quantitative estimate of drug-likeness (QED) is 0.511. The molecule has 0 aliphatic heterocycles. The smallest absolute Gasteiger partial charge is 0.122 e. The molecule has 1 aromatic rings. The first-order chi connectivity index (χ1) is 8.31. The molecule has 0 heterocycles. The Balaban J connectivity index is 2.55. The van der Waals surface area contributed by atoms with Gasteiger partial charge in [0.15, 0.2) is 0 Å². The molecule has 3 heteroatoms. The average Bonchev–Trinajstić information content (AvgIpc) is 2.38. The fourth-order valence-electron chi connectivity index (χ4n) is 1.57. The molecular weight excluding hydrogens is 216 g/mol. The molecule has 0 radical (unpaired) electrons. The normalized spacial score (nSPS) is 13.9. The SMILES string of the molecule is C=C[C@@H](OC)[C@@H](CC=O)OCc1ccccc1. The van der Waals surface area contributed by atoms with Gasteiger partial charge in [-0.2, -0.15) is 0 Å². The molecule has 0 saturated carbocycles. The number of rotatable bonds is 8. The Labute approximate surface area is 102 Å². The summed E-state index contributed by atoms with van der Waals surface area (Å²) in [5, 5.41) is 0. The molecule has 1 rings (SSSR count). The first kappa shape index (κ1) is 13.6. The van der Waals surface area contributed by atoms with Gasteiger partial charge in [-0.05, 0) is 5.56 Å². The van der Waals surface area contributed by atoms with E-state index in [1.165, 1.54) is 0 Å². The zero-order valence-electron chi connectivity index (χ0n) is 10.0. The fourth-order valence-corrected chi connectivity index (χ4v) is 1.57. The molecule has 0 bridgehead atoms. The number of carbonyl (C=O) groups is 1. The lowest BCUT2D eigenvalue weighted by Crippen LogP contribution is -2.29. The number of benzene rings is 1. The van der Waals surface area contributed by atoms with Crippen LogP contribution in [0, 0.1) is 0 Å². The Morgan fingerprint density at radius 1 is 1.35 bits per heavy atom. The second-order valence-electron chi connectivity index (χ2n) is 3.67. The fraction of sp³-hybridized carbons (Fsp3) is 0.357. The Morgan fingerprint density at radius 2 is 2.06 bits per heavy atom. The summed E-state index contributed by atoms with van der Waals surface area (Å²) in [6.45, 7) is 4.13. The minimum atomic E-state index is -0.282. The average molecular weight is 234 g/mol. The first-order valence-corrected chi connectivity index (χ1v) is 5.56. The highest BCUT2D eigenvalue weighted by Crippen LogP contribution is 2.11. The highest BCUT2D eigenvalue weighted by molar-refractivity contribution is 5.50. The van der Waals surface area contributed by atoms with Crippen molar-refractivity contribution in [1.82, 2.24) is 0 Å². The molecule has 1 aromatic carbocycles. The van der Waals surface area contributed by atoms with Gasteiger partial charge in [0.05, 0.1) is 12.7 Å². The lowest BCUT2D eigenvalue weighted by atomic mass is 10.1. The van der Waals surface area contributed by atoms with E-state index in [1.54, 1.807) is 13.2 Å². The third-order valence-corrected chi connectivity index (χ3v) is 2.51. The third-order valence-electron chi connectivity index (χ3n) is 2.51. The van der Waals surface area contributed by atoms with Gasteiger partial charge >= 0.3 is 0 Å². The van der Waals surface area contributed by atoms with Crippen molar-refractivity contribution in [2.75, 3.05) is 7.11 Å². The number of carbonyl (C=O) groups excluding carboxylic acids is 1. The molecule has 17 heavy (non-hydrogen) atoms. The predicted octanol–water partition coefficient (Wildman–Crippen LogP) is 2.36. The summed E-state index contributed by atoms with van der Waals surface area (Å²) >= 11 is 0. The van der Waals surface area contributed by atoms with Crippen LogP contribution < -0.4 is 0 Å². The Kier molecular flexibility index (Phi) is 6.22. The maximum Gasteiger partial charge on any atom is 0.122 e. The number of aldehydes is 1. The number of ether oxygens (including phenoxy) is 2. The third kappa shape index (κ3) is 4.51. The lowest BCUT2D eigenvalue weighted by Gasteiger charge is -2.22. The van der Waals surface area contributed by atoms with Crippen LogP contribution in [0.4, 0.5) is 0 Å². The van der Waals surface area contributed by atoms with Crippen LogP contribution in [0.2, 0.25) is 0 Å². The van der Waals surface area contributed by atoms with E-state index in [0.717, 1.165) is 11.8 Å². The van der Waals surface area contributed by atoms with Crippen LogP contribution in [-0.4, -0.2) is 25.6 Å². The summed E-state index contributed by atoms with van der Waals surface area (Å²) in [5.74, 6) is 0. The van der Waals surface area contributed by atoms with Crippen molar-refractivity contribution in [3.8, 4) is 0 Å². The largest absolute Gasteiger partial charge is 0.375 e. The van der Waals surface area contributed by atoms with Crippen molar-refractivity contribution in [2.45, 2.75) is 25.2 Å². The van der Waals surface area contributed by atoms with E-state index in [4.69, 9.17) is 9.47 Å². The van der Waals surface area contributed by atoms with Crippen molar-refractivity contribution in [1.29, 1.82) is 0 Å². The molecule has 0 amide bonds. The second-order valence-corrected chi connectivity index (χ2v) is 3.67. The summed E-state index contributed by atoms with van der Waals surface area (Å²) in [5.41, 5.74) is 1.07. The zero-order valence-corrected chi connectivity index (χ0v) is 10.0. The highest BCUT2D eigenvalue weighted by atomic mass is 16.5. The molecular formula is C14H18O3. The maximum absolute atomic E-state index is 10.6. The van der Waals surface area contributed by atoms with Crippen LogP contribution in [-0.2, 0) is 20.9 Å². The van der Waals surface area contributed by atoms with Gasteiger partial charge in [-0.1, -0.05) is 36.4 Å². The minimum Gasteiger partial charge on any atom is -0.375 e. The van der Waals surface area contributed by atoms with Crippen molar-refractivity contribution in [3.05, 3.63) is 48.6 Å². The second kappa shape index (κ2) is 7.76. The molecule has 92 valence electrons. The predicted molar refractivity (Wildman–Crippen MR) is 66.7 cm³/mol. The molecule has 0 fully saturated rings. The van der Waals surface area contributed by atoms with E-state index in [9.17, 15) is 4.79 Å². The molecule has 0 spiro atoms. The van der Waals surface area contributed by atoms with Crippen LogP contribution in [0.3, 0.4) is 0 Å². The van der Waals surface area contributed by atoms with Gasteiger partial charge in [0.2, 0.25) is 0 Å². The molecule has 0 aromatic heterocycles. The summed E-state index contributed by atoms with van der Waals surface area (Å²) in [4.78, 5) is 10.6. The van der Waals surface area contributed by atoms with Crippen LogP contribution in [0.1, 0.15) is 12.0 Å². The number of hydrogen-bond acceptors (Lipinski definition) is 3. The van der Waals surface area contributed by atoms with Gasteiger partial charge in [-0.15, -0.1) is 6.58 Å². The van der Waals surface area contributed by atoms with Gasteiger partial charge in [-0.25, -0.2) is 0 Å². The summed E-state index contributed by atoms with van der Waals surface area (Å²) < 4.78 is 10.9. The van der Waals surface area contributed by atoms with E-state index < -0.39 is 0 Å². The van der Waals surface area contributed by atoms with Crippen LogP contribution in [0.15, 0.2) is 43.0 Å².